The van der Waals surface area contributed by atoms with Gasteiger partial charge in [-0.05, 0) is 42.3 Å². The van der Waals surface area contributed by atoms with Crippen LogP contribution in [0.15, 0.2) is 53.6 Å². The van der Waals surface area contributed by atoms with Crippen LogP contribution in [0.1, 0.15) is 36.9 Å². The second-order valence-electron chi connectivity index (χ2n) is 9.58. The summed E-state index contributed by atoms with van der Waals surface area (Å²) >= 11 is 0. The molecule has 10 nitrogen and oxygen atoms in total. The second-order valence-corrected chi connectivity index (χ2v) is 9.58. The van der Waals surface area contributed by atoms with Gasteiger partial charge >= 0.3 is 6.03 Å². The summed E-state index contributed by atoms with van der Waals surface area (Å²) in [7, 11) is 3.25. The van der Waals surface area contributed by atoms with E-state index in [1.165, 1.54) is 5.01 Å². The summed E-state index contributed by atoms with van der Waals surface area (Å²) in [6.45, 7) is 6.57. The number of morpholine rings is 1. The summed E-state index contributed by atoms with van der Waals surface area (Å²) in [5.74, 6) is 1.19. The molecule has 1 saturated heterocycles. The highest BCUT2D eigenvalue weighted by atomic mass is 16.5. The molecule has 4 rings (SSSR count). The minimum absolute atomic E-state index is 0.0784. The molecule has 2 heterocycles. The van der Waals surface area contributed by atoms with Crippen molar-refractivity contribution < 1.29 is 23.8 Å². The van der Waals surface area contributed by atoms with Gasteiger partial charge in [0.25, 0.3) is 5.91 Å². The van der Waals surface area contributed by atoms with E-state index in [2.05, 4.69) is 10.2 Å². The molecule has 2 aromatic rings. The SMILES string of the molecule is CCCNC(=O)N(CCN1CCOCC1)CC(=O)N1N=C(c2ccc(OC)cc2)C[C@@H]1c1ccccc1OC. The molecule has 210 valence electrons. The molecule has 0 unspecified atom stereocenters. The average Bonchev–Trinajstić information content (AvgIpc) is 3.44. The van der Waals surface area contributed by atoms with E-state index in [1.807, 2.05) is 55.5 Å². The van der Waals surface area contributed by atoms with Gasteiger partial charge in [0.1, 0.15) is 18.0 Å². The van der Waals surface area contributed by atoms with Crippen molar-refractivity contribution in [3.63, 3.8) is 0 Å². The van der Waals surface area contributed by atoms with E-state index >= 15 is 0 Å². The average molecular weight is 538 g/mol. The molecule has 1 atom stereocenters. The van der Waals surface area contributed by atoms with Crippen LogP contribution in [0.5, 0.6) is 11.5 Å². The van der Waals surface area contributed by atoms with Gasteiger partial charge in [-0.15, -0.1) is 0 Å². The number of carbonyl (C=O) groups is 2. The molecule has 0 bridgehead atoms. The van der Waals surface area contributed by atoms with Crippen LogP contribution >= 0.6 is 0 Å². The van der Waals surface area contributed by atoms with E-state index in [-0.39, 0.29) is 24.5 Å². The first-order valence-corrected chi connectivity index (χ1v) is 13.5. The maximum atomic E-state index is 13.8. The number of amides is 3. The molecular formula is C29H39N5O5. The van der Waals surface area contributed by atoms with Gasteiger partial charge in [0.05, 0.1) is 39.2 Å². The molecule has 3 amide bonds. The molecule has 2 aliphatic heterocycles. The molecule has 0 radical (unpaired) electrons. The molecule has 2 aliphatic rings. The third kappa shape index (κ3) is 7.27. The Hall–Kier alpha value is -3.63. The molecule has 39 heavy (non-hydrogen) atoms. The van der Waals surface area contributed by atoms with Crippen molar-refractivity contribution in [3.8, 4) is 11.5 Å². The predicted molar refractivity (Wildman–Crippen MR) is 149 cm³/mol. The minimum Gasteiger partial charge on any atom is -0.497 e. The highest BCUT2D eigenvalue weighted by molar-refractivity contribution is 6.03. The Bertz CT molecular complexity index is 1130. The number of para-hydroxylation sites is 1. The topological polar surface area (TPSA) is 95.9 Å². The standard InChI is InChI=1S/C29H39N5O5/c1-4-13-30-29(36)33(15-14-32-16-18-39-19-17-32)21-28(35)34-26(24-7-5-6-8-27(24)38-3)20-25(31-34)22-9-11-23(37-2)12-10-22/h5-12,26H,4,13-21H2,1-3H3,(H,30,36)/t26-/m1/s1. The Kier molecular flexibility index (Phi) is 10.2. The van der Waals surface area contributed by atoms with Gasteiger partial charge in [-0.1, -0.05) is 25.1 Å². The van der Waals surface area contributed by atoms with Crippen molar-refractivity contribution in [1.82, 2.24) is 20.1 Å². The highest BCUT2D eigenvalue weighted by Gasteiger charge is 2.36. The lowest BCUT2D eigenvalue weighted by Gasteiger charge is -2.31. The molecule has 0 saturated carbocycles. The van der Waals surface area contributed by atoms with Crippen LogP contribution < -0.4 is 14.8 Å². The highest BCUT2D eigenvalue weighted by Crippen LogP contribution is 2.37. The van der Waals surface area contributed by atoms with Crippen molar-refractivity contribution in [2.45, 2.75) is 25.8 Å². The van der Waals surface area contributed by atoms with Gasteiger partial charge in [0.2, 0.25) is 0 Å². The van der Waals surface area contributed by atoms with E-state index in [9.17, 15) is 9.59 Å². The smallest absolute Gasteiger partial charge is 0.317 e. The second kappa shape index (κ2) is 14.0. The maximum absolute atomic E-state index is 13.8. The summed E-state index contributed by atoms with van der Waals surface area (Å²) in [5, 5.41) is 9.24. The van der Waals surface area contributed by atoms with Gasteiger partial charge in [-0.3, -0.25) is 9.69 Å². The van der Waals surface area contributed by atoms with Crippen LogP contribution in [-0.4, -0.2) is 99.2 Å². The molecule has 1 N–H and O–H groups in total. The van der Waals surface area contributed by atoms with Gasteiger partial charge in [0, 0.05) is 44.7 Å². The van der Waals surface area contributed by atoms with E-state index < -0.39 is 0 Å². The van der Waals surface area contributed by atoms with Gasteiger partial charge in [-0.2, -0.15) is 5.10 Å². The van der Waals surface area contributed by atoms with E-state index in [1.54, 1.807) is 19.1 Å². The number of methoxy groups -OCH3 is 2. The fourth-order valence-corrected chi connectivity index (χ4v) is 4.80. The molecule has 1 fully saturated rings. The number of rotatable bonds is 11. The van der Waals surface area contributed by atoms with Crippen LogP contribution in [0.25, 0.3) is 0 Å². The Morgan fingerprint density at radius 1 is 1.08 bits per heavy atom. The number of carbonyl (C=O) groups excluding carboxylic acids is 2. The Morgan fingerprint density at radius 3 is 2.51 bits per heavy atom. The summed E-state index contributed by atoms with van der Waals surface area (Å²) in [6.07, 6.45) is 1.34. The third-order valence-corrected chi connectivity index (χ3v) is 7.02. The fraction of sp³-hybridized carbons (Fsp3) is 0.483. The molecular weight excluding hydrogens is 498 g/mol. The number of hydrogen-bond donors (Lipinski definition) is 1. The lowest BCUT2D eigenvalue weighted by Crippen LogP contribution is -2.49. The third-order valence-electron chi connectivity index (χ3n) is 7.02. The van der Waals surface area contributed by atoms with Crippen molar-refractivity contribution in [3.05, 3.63) is 59.7 Å². The van der Waals surface area contributed by atoms with Crippen LogP contribution in [0.3, 0.4) is 0 Å². The van der Waals surface area contributed by atoms with Crippen molar-refractivity contribution >= 4 is 17.6 Å². The Labute approximate surface area is 230 Å². The molecule has 0 aliphatic carbocycles. The summed E-state index contributed by atoms with van der Waals surface area (Å²) < 4.78 is 16.4. The lowest BCUT2D eigenvalue weighted by atomic mass is 9.97. The molecule has 2 aromatic carbocycles. The number of hydrogen-bond acceptors (Lipinski definition) is 7. The van der Waals surface area contributed by atoms with Crippen LogP contribution in [0.4, 0.5) is 4.79 Å². The molecule has 10 heteroatoms. The van der Waals surface area contributed by atoms with Crippen LogP contribution in [0.2, 0.25) is 0 Å². The van der Waals surface area contributed by atoms with E-state index in [0.717, 1.165) is 42.1 Å². The first kappa shape index (κ1) is 28.4. The quantitative estimate of drug-likeness (QED) is 0.473. The van der Waals surface area contributed by atoms with E-state index in [4.69, 9.17) is 19.3 Å². The Morgan fingerprint density at radius 2 is 1.82 bits per heavy atom. The van der Waals surface area contributed by atoms with Crippen molar-refractivity contribution in [1.29, 1.82) is 0 Å². The normalized spacial score (nSPS) is 17.5. The number of urea groups is 1. The molecule has 0 aromatic heterocycles. The number of nitrogens with zero attached hydrogens (tertiary/aromatic N) is 4. The predicted octanol–water partition coefficient (Wildman–Crippen LogP) is 3.14. The van der Waals surface area contributed by atoms with Gasteiger partial charge in [-0.25, -0.2) is 9.80 Å². The Balaban J connectivity index is 1.58. The van der Waals surface area contributed by atoms with Gasteiger partial charge < -0.3 is 24.4 Å². The summed E-state index contributed by atoms with van der Waals surface area (Å²) in [5.41, 5.74) is 2.57. The maximum Gasteiger partial charge on any atom is 0.317 e. The number of hydrazone groups is 1. The first-order valence-electron chi connectivity index (χ1n) is 13.5. The van der Waals surface area contributed by atoms with Gasteiger partial charge in [0.15, 0.2) is 0 Å². The molecule has 0 spiro atoms. The van der Waals surface area contributed by atoms with Crippen LogP contribution in [0, 0.1) is 0 Å². The zero-order chi connectivity index (χ0) is 27.6. The first-order chi connectivity index (χ1) is 19.0. The summed E-state index contributed by atoms with van der Waals surface area (Å²) in [4.78, 5) is 30.7. The van der Waals surface area contributed by atoms with Crippen molar-refractivity contribution in [2.24, 2.45) is 5.10 Å². The lowest BCUT2D eigenvalue weighted by molar-refractivity contribution is -0.133. The fourth-order valence-electron chi connectivity index (χ4n) is 4.80. The zero-order valence-corrected chi connectivity index (χ0v) is 23.1. The monoisotopic (exact) mass is 537 g/mol. The van der Waals surface area contributed by atoms with Crippen LogP contribution in [-0.2, 0) is 9.53 Å². The number of benzene rings is 2. The minimum atomic E-state index is -0.356. The van der Waals surface area contributed by atoms with Crippen molar-refractivity contribution in [2.75, 3.05) is 66.7 Å². The number of ether oxygens (including phenoxy) is 3. The zero-order valence-electron chi connectivity index (χ0n) is 23.1. The largest absolute Gasteiger partial charge is 0.497 e. The van der Waals surface area contributed by atoms with E-state index in [0.29, 0.717) is 45.0 Å². The number of nitrogens with one attached hydrogen (secondary N) is 1. The summed E-state index contributed by atoms with van der Waals surface area (Å²) in [6, 6.07) is 14.7.